The SMILES string of the molecule is COc1cc2c(CCCN)cn(C)c2cc1OC. The highest BCUT2D eigenvalue weighted by molar-refractivity contribution is 5.87. The lowest BCUT2D eigenvalue weighted by atomic mass is 10.1. The largest absolute Gasteiger partial charge is 0.493 e. The van der Waals surface area contributed by atoms with Crippen LogP contribution in [0.15, 0.2) is 18.3 Å². The smallest absolute Gasteiger partial charge is 0.162 e. The third-order valence-corrected chi connectivity index (χ3v) is 3.23. The van der Waals surface area contributed by atoms with E-state index in [9.17, 15) is 0 Å². The summed E-state index contributed by atoms with van der Waals surface area (Å²) in [6, 6.07) is 4.06. The lowest BCUT2D eigenvalue weighted by Gasteiger charge is -2.08. The van der Waals surface area contributed by atoms with Crippen molar-refractivity contribution in [3.8, 4) is 11.5 Å². The molecule has 0 bridgehead atoms. The summed E-state index contributed by atoms with van der Waals surface area (Å²) in [6.07, 6.45) is 4.13. The van der Waals surface area contributed by atoms with E-state index in [4.69, 9.17) is 15.2 Å². The van der Waals surface area contributed by atoms with E-state index in [1.165, 1.54) is 10.9 Å². The number of fused-ring (bicyclic) bond motifs is 1. The van der Waals surface area contributed by atoms with Gasteiger partial charge in [0, 0.05) is 24.7 Å². The van der Waals surface area contributed by atoms with Crippen LogP contribution < -0.4 is 15.2 Å². The number of benzene rings is 1. The highest BCUT2D eigenvalue weighted by Gasteiger charge is 2.12. The zero-order valence-corrected chi connectivity index (χ0v) is 11.2. The van der Waals surface area contributed by atoms with E-state index >= 15 is 0 Å². The Morgan fingerprint density at radius 2 is 1.83 bits per heavy atom. The predicted octanol–water partition coefficient (Wildman–Crippen LogP) is 2.09. The summed E-state index contributed by atoms with van der Waals surface area (Å²) in [7, 11) is 5.36. The first-order chi connectivity index (χ1) is 8.71. The van der Waals surface area contributed by atoms with Crippen molar-refractivity contribution in [3.63, 3.8) is 0 Å². The van der Waals surface area contributed by atoms with Crippen LogP contribution in [0.5, 0.6) is 11.5 Å². The average Bonchev–Trinajstić information content (AvgIpc) is 2.71. The van der Waals surface area contributed by atoms with Gasteiger partial charge >= 0.3 is 0 Å². The lowest BCUT2D eigenvalue weighted by molar-refractivity contribution is 0.355. The fourth-order valence-electron chi connectivity index (χ4n) is 2.28. The molecular formula is C14H20N2O2. The van der Waals surface area contributed by atoms with Crippen LogP contribution in [0.1, 0.15) is 12.0 Å². The zero-order chi connectivity index (χ0) is 13.1. The first kappa shape index (κ1) is 12.8. The molecule has 0 amide bonds. The van der Waals surface area contributed by atoms with Crippen LogP contribution in [0.2, 0.25) is 0 Å². The minimum absolute atomic E-state index is 0.712. The fraction of sp³-hybridized carbons (Fsp3) is 0.429. The highest BCUT2D eigenvalue weighted by atomic mass is 16.5. The van der Waals surface area contributed by atoms with Crippen molar-refractivity contribution < 1.29 is 9.47 Å². The molecule has 0 saturated carbocycles. The van der Waals surface area contributed by atoms with Crippen molar-refractivity contribution in [1.82, 2.24) is 4.57 Å². The zero-order valence-electron chi connectivity index (χ0n) is 11.2. The molecule has 0 fully saturated rings. The molecule has 0 saturated heterocycles. The standard InChI is InChI=1S/C14H20N2O2/c1-16-9-10(5-4-6-15)11-7-13(17-2)14(18-3)8-12(11)16/h7-9H,4-6,15H2,1-3H3. The number of hydrogen-bond donors (Lipinski definition) is 1. The topological polar surface area (TPSA) is 49.4 Å². The van der Waals surface area contributed by atoms with Crippen LogP contribution >= 0.6 is 0 Å². The molecule has 0 atom stereocenters. The van der Waals surface area contributed by atoms with Gasteiger partial charge in [-0.1, -0.05) is 0 Å². The molecule has 1 aromatic carbocycles. The Bertz CT molecular complexity index is 546. The molecule has 1 heterocycles. The number of methoxy groups -OCH3 is 2. The van der Waals surface area contributed by atoms with Crippen LogP contribution in [0.4, 0.5) is 0 Å². The number of nitrogens with two attached hydrogens (primary N) is 1. The number of aromatic nitrogens is 1. The monoisotopic (exact) mass is 248 g/mol. The average molecular weight is 248 g/mol. The lowest BCUT2D eigenvalue weighted by Crippen LogP contribution is -2.00. The summed E-state index contributed by atoms with van der Waals surface area (Å²) in [5.41, 5.74) is 8.03. The van der Waals surface area contributed by atoms with Gasteiger partial charge in [-0.05, 0) is 31.0 Å². The molecule has 0 aliphatic carbocycles. The first-order valence-corrected chi connectivity index (χ1v) is 6.11. The second-order valence-electron chi connectivity index (χ2n) is 4.38. The van der Waals surface area contributed by atoms with Crippen molar-refractivity contribution in [3.05, 3.63) is 23.9 Å². The molecule has 98 valence electrons. The number of rotatable bonds is 5. The van der Waals surface area contributed by atoms with Crippen molar-refractivity contribution in [2.75, 3.05) is 20.8 Å². The molecule has 4 nitrogen and oxygen atoms in total. The predicted molar refractivity (Wildman–Crippen MR) is 73.4 cm³/mol. The Morgan fingerprint density at radius 3 is 2.44 bits per heavy atom. The molecule has 0 spiro atoms. The normalized spacial score (nSPS) is 10.9. The molecule has 0 aliphatic rings. The van der Waals surface area contributed by atoms with Gasteiger partial charge in [0.25, 0.3) is 0 Å². The summed E-state index contributed by atoms with van der Waals surface area (Å²) in [4.78, 5) is 0. The number of ether oxygens (including phenoxy) is 2. The van der Waals surface area contributed by atoms with Crippen molar-refractivity contribution >= 4 is 10.9 Å². The summed E-state index contributed by atoms with van der Waals surface area (Å²) < 4.78 is 12.8. The van der Waals surface area contributed by atoms with E-state index in [-0.39, 0.29) is 0 Å². The second kappa shape index (κ2) is 5.31. The van der Waals surface area contributed by atoms with E-state index in [1.807, 2.05) is 19.2 Å². The summed E-state index contributed by atoms with van der Waals surface area (Å²) in [5, 5.41) is 1.21. The quantitative estimate of drug-likeness (QED) is 0.881. The molecule has 2 N–H and O–H groups in total. The van der Waals surface area contributed by atoms with Gasteiger partial charge in [0.15, 0.2) is 11.5 Å². The number of hydrogen-bond acceptors (Lipinski definition) is 3. The van der Waals surface area contributed by atoms with Crippen LogP contribution in [0, 0.1) is 0 Å². The van der Waals surface area contributed by atoms with Gasteiger partial charge in [0.05, 0.1) is 19.7 Å². The molecule has 2 aromatic rings. The molecule has 1 aromatic heterocycles. The molecule has 4 heteroatoms. The maximum atomic E-state index is 5.58. The molecule has 0 aliphatic heterocycles. The van der Waals surface area contributed by atoms with Gasteiger partial charge in [0.1, 0.15) is 0 Å². The first-order valence-electron chi connectivity index (χ1n) is 6.11. The van der Waals surface area contributed by atoms with E-state index < -0.39 is 0 Å². The van der Waals surface area contributed by atoms with Gasteiger partial charge in [0.2, 0.25) is 0 Å². The van der Waals surface area contributed by atoms with E-state index in [0.717, 1.165) is 29.9 Å². The molecule has 18 heavy (non-hydrogen) atoms. The Labute approximate surface area is 107 Å². The Kier molecular flexibility index (Phi) is 3.77. The minimum Gasteiger partial charge on any atom is -0.493 e. The molecule has 0 unspecified atom stereocenters. The van der Waals surface area contributed by atoms with Crippen molar-refractivity contribution in [2.45, 2.75) is 12.8 Å². The van der Waals surface area contributed by atoms with Gasteiger partial charge in [-0.15, -0.1) is 0 Å². The summed E-state index contributed by atoms with van der Waals surface area (Å²) in [6.45, 7) is 0.712. The second-order valence-corrected chi connectivity index (χ2v) is 4.38. The fourth-order valence-corrected chi connectivity index (χ4v) is 2.28. The maximum Gasteiger partial charge on any atom is 0.162 e. The molecular weight excluding hydrogens is 228 g/mol. The van der Waals surface area contributed by atoms with Crippen molar-refractivity contribution in [1.29, 1.82) is 0 Å². The van der Waals surface area contributed by atoms with Crippen LogP contribution in [-0.4, -0.2) is 25.3 Å². The number of aryl methyl sites for hydroxylation is 2. The van der Waals surface area contributed by atoms with Gasteiger partial charge in [-0.2, -0.15) is 0 Å². The van der Waals surface area contributed by atoms with E-state index in [0.29, 0.717) is 6.54 Å². The maximum absolute atomic E-state index is 5.58. The van der Waals surface area contributed by atoms with Gasteiger partial charge in [-0.3, -0.25) is 0 Å². The third-order valence-electron chi connectivity index (χ3n) is 3.23. The number of nitrogens with zero attached hydrogens (tertiary/aromatic N) is 1. The third kappa shape index (κ3) is 2.16. The van der Waals surface area contributed by atoms with Crippen LogP contribution in [0.3, 0.4) is 0 Å². The highest BCUT2D eigenvalue weighted by Crippen LogP contribution is 2.34. The molecule has 2 rings (SSSR count). The summed E-state index contributed by atoms with van der Waals surface area (Å²) in [5.74, 6) is 1.53. The Morgan fingerprint density at radius 1 is 1.17 bits per heavy atom. The van der Waals surface area contributed by atoms with E-state index in [2.05, 4.69) is 10.8 Å². The Hall–Kier alpha value is -1.68. The Balaban J connectivity index is 2.55. The van der Waals surface area contributed by atoms with Crippen LogP contribution in [0.25, 0.3) is 10.9 Å². The molecule has 0 radical (unpaired) electrons. The van der Waals surface area contributed by atoms with Crippen molar-refractivity contribution in [2.24, 2.45) is 12.8 Å². The van der Waals surface area contributed by atoms with Gasteiger partial charge in [-0.25, -0.2) is 0 Å². The summed E-state index contributed by atoms with van der Waals surface area (Å²) >= 11 is 0. The van der Waals surface area contributed by atoms with E-state index in [1.54, 1.807) is 14.2 Å². The van der Waals surface area contributed by atoms with Crippen LogP contribution in [-0.2, 0) is 13.5 Å². The minimum atomic E-state index is 0.712. The van der Waals surface area contributed by atoms with Gasteiger partial charge < -0.3 is 19.8 Å².